The van der Waals surface area contributed by atoms with Crippen molar-refractivity contribution in [1.29, 1.82) is 5.26 Å². The highest BCUT2D eigenvalue weighted by Crippen LogP contribution is 2.14. The van der Waals surface area contributed by atoms with Gasteiger partial charge in [-0.25, -0.2) is 0 Å². The molecule has 1 aliphatic heterocycles. The minimum absolute atomic E-state index is 0.414. The van der Waals surface area contributed by atoms with Crippen molar-refractivity contribution in [2.24, 2.45) is 0 Å². The van der Waals surface area contributed by atoms with Gasteiger partial charge in [-0.1, -0.05) is 6.92 Å². The molecule has 1 aliphatic rings. The minimum Gasteiger partial charge on any atom is -0.315 e. The first-order chi connectivity index (χ1) is 6.79. The normalized spacial score (nSPS) is 29.5. The van der Waals surface area contributed by atoms with Crippen LogP contribution in [0.3, 0.4) is 0 Å². The van der Waals surface area contributed by atoms with E-state index in [9.17, 15) is 0 Å². The van der Waals surface area contributed by atoms with Gasteiger partial charge in [-0.2, -0.15) is 5.26 Å². The van der Waals surface area contributed by atoms with Crippen LogP contribution < -0.4 is 5.32 Å². The first kappa shape index (κ1) is 11.5. The van der Waals surface area contributed by atoms with E-state index in [1.54, 1.807) is 0 Å². The summed E-state index contributed by atoms with van der Waals surface area (Å²) in [4.78, 5) is 2.49. The van der Waals surface area contributed by atoms with Gasteiger partial charge in [0.25, 0.3) is 0 Å². The van der Waals surface area contributed by atoms with E-state index in [1.807, 2.05) is 0 Å². The lowest BCUT2D eigenvalue weighted by Gasteiger charge is -2.32. The van der Waals surface area contributed by atoms with E-state index in [4.69, 9.17) is 5.26 Å². The molecule has 0 aromatic rings. The monoisotopic (exact) mass is 195 g/mol. The predicted octanol–water partition coefficient (Wildman–Crippen LogP) is 1.36. The maximum absolute atomic E-state index is 8.78. The molecule has 0 amide bonds. The van der Waals surface area contributed by atoms with Crippen LogP contribution in [-0.4, -0.2) is 36.6 Å². The van der Waals surface area contributed by atoms with Crippen LogP contribution in [0.2, 0.25) is 0 Å². The van der Waals surface area contributed by atoms with Crippen LogP contribution in [0.4, 0.5) is 0 Å². The Kier molecular flexibility index (Phi) is 4.92. The average Bonchev–Trinajstić information content (AvgIpc) is 2.33. The summed E-state index contributed by atoms with van der Waals surface area (Å²) >= 11 is 0. The fourth-order valence-corrected chi connectivity index (χ4v) is 2.18. The molecular formula is C11H21N3. The Hall–Kier alpha value is -0.590. The van der Waals surface area contributed by atoms with Crippen LogP contribution in [-0.2, 0) is 0 Å². The van der Waals surface area contributed by atoms with Crippen LogP contribution in [0.1, 0.15) is 33.1 Å². The Labute approximate surface area is 87.1 Å². The molecule has 2 atom stereocenters. The molecule has 1 N–H and O–H groups in total. The maximum Gasteiger partial charge on any atom is 0.0638 e. The lowest BCUT2D eigenvalue weighted by molar-refractivity contribution is 0.155. The molecule has 0 aromatic carbocycles. The fraction of sp³-hybridized carbons (Fsp3) is 0.909. The van der Waals surface area contributed by atoms with Crippen molar-refractivity contribution in [3.8, 4) is 6.07 Å². The second-order valence-corrected chi connectivity index (χ2v) is 4.10. The first-order valence-electron chi connectivity index (χ1n) is 5.63. The summed E-state index contributed by atoms with van der Waals surface area (Å²) in [5, 5.41) is 12.2. The largest absolute Gasteiger partial charge is 0.315 e. The average molecular weight is 195 g/mol. The lowest BCUT2D eigenvalue weighted by atomic mass is 10.1. The number of nitriles is 1. The van der Waals surface area contributed by atoms with Crippen molar-refractivity contribution < 1.29 is 0 Å². The van der Waals surface area contributed by atoms with Crippen molar-refractivity contribution in [3.05, 3.63) is 0 Å². The van der Waals surface area contributed by atoms with Gasteiger partial charge in [-0.05, 0) is 32.9 Å². The summed E-state index contributed by atoms with van der Waals surface area (Å²) in [6.45, 7) is 7.65. The topological polar surface area (TPSA) is 39.1 Å². The van der Waals surface area contributed by atoms with Gasteiger partial charge < -0.3 is 5.32 Å². The summed E-state index contributed by atoms with van der Waals surface area (Å²) in [6.07, 6.45) is 3.02. The number of nitrogens with one attached hydrogen (secondary N) is 1. The first-order valence-corrected chi connectivity index (χ1v) is 5.63. The zero-order valence-corrected chi connectivity index (χ0v) is 9.29. The van der Waals surface area contributed by atoms with Gasteiger partial charge in [0.05, 0.1) is 12.5 Å². The van der Waals surface area contributed by atoms with Gasteiger partial charge in [0.2, 0.25) is 0 Å². The number of hydrogen-bond donors (Lipinski definition) is 1. The van der Waals surface area contributed by atoms with E-state index in [0.29, 0.717) is 18.5 Å². The van der Waals surface area contributed by atoms with Crippen LogP contribution in [0.25, 0.3) is 0 Å². The Morgan fingerprint density at radius 1 is 1.57 bits per heavy atom. The zero-order valence-electron chi connectivity index (χ0n) is 9.29. The Bertz CT molecular complexity index is 197. The van der Waals surface area contributed by atoms with Crippen molar-refractivity contribution in [1.82, 2.24) is 10.2 Å². The molecule has 14 heavy (non-hydrogen) atoms. The number of nitrogens with zero attached hydrogens (tertiary/aromatic N) is 2. The van der Waals surface area contributed by atoms with Crippen LogP contribution in [0.5, 0.6) is 0 Å². The third-order valence-corrected chi connectivity index (χ3v) is 2.96. The summed E-state index contributed by atoms with van der Waals surface area (Å²) in [5.74, 6) is 0. The third-order valence-electron chi connectivity index (χ3n) is 2.96. The van der Waals surface area contributed by atoms with E-state index >= 15 is 0 Å². The van der Waals surface area contributed by atoms with Gasteiger partial charge >= 0.3 is 0 Å². The molecular weight excluding hydrogens is 174 g/mol. The van der Waals surface area contributed by atoms with Crippen molar-refractivity contribution in [2.75, 3.05) is 19.6 Å². The fourth-order valence-electron chi connectivity index (χ4n) is 2.18. The van der Waals surface area contributed by atoms with Gasteiger partial charge in [0.15, 0.2) is 0 Å². The smallest absolute Gasteiger partial charge is 0.0638 e. The highest BCUT2D eigenvalue weighted by atomic mass is 15.2. The molecule has 0 radical (unpaired) electrons. The Morgan fingerprint density at radius 3 is 3.00 bits per heavy atom. The molecule has 0 aromatic heterocycles. The van der Waals surface area contributed by atoms with Gasteiger partial charge in [0.1, 0.15) is 0 Å². The summed E-state index contributed by atoms with van der Waals surface area (Å²) < 4.78 is 0. The van der Waals surface area contributed by atoms with Crippen LogP contribution in [0, 0.1) is 11.3 Å². The third kappa shape index (κ3) is 2.97. The molecule has 80 valence electrons. The van der Waals surface area contributed by atoms with Crippen molar-refractivity contribution >= 4 is 0 Å². The van der Waals surface area contributed by atoms with E-state index in [-0.39, 0.29) is 0 Å². The lowest BCUT2D eigenvalue weighted by Crippen LogP contribution is -2.43. The van der Waals surface area contributed by atoms with Crippen molar-refractivity contribution in [3.63, 3.8) is 0 Å². The SMILES string of the molecule is CCCN1C(C)CCNCC1CC#N. The molecule has 1 rings (SSSR count). The van der Waals surface area contributed by atoms with Gasteiger partial charge in [0, 0.05) is 18.6 Å². The van der Waals surface area contributed by atoms with E-state index in [0.717, 1.165) is 19.6 Å². The molecule has 1 fully saturated rings. The second kappa shape index (κ2) is 6.00. The molecule has 0 spiro atoms. The van der Waals surface area contributed by atoms with Gasteiger partial charge in [-0.15, -0.1) is 0 Å². The highest BCUT2D eigenvalue weighted by Gasteiger charge is 2.24. The Morgan fingerprint density at radius 2 is 2.36 bits per heavy atom. The second-order valence-electron chi connectivity index (χ2n) is 4.10. The van der Waals surface area contributed by atoms with E-state index in [2.05, 4.69) is 30.1 Å². The van der Waals surface area contributed by atoms with E-state index in [1.165, 1.54) is 12.8 Å². The molecule has 1 heterocycles. The molecule has 0 saturated carbocycles. The minimum atomic E-state index is 0.414. The van der Waals surface area contributed by atoms with Crippen LogP contribution in [0.15, 0.2) is 0 Å². The molecule has 0 aliphatic carbocycles. The quantitative estimate of drug-likeness (QED) is 0.739. The van der Waals surface area contributed by atoms with Crippen molar-refractivity contribution in [2.45, 2.75) is 45.2 Å². The van der Waals surface area contributed by atoms with E-state index < -0.39 is 0 Å². The molecule has 0 bridgehead atoms. The molecule has 1 saturated heterocycles. The summed E-state index contributed by atoms with van der Waals surface area (Å²) in [7, 11) is 0. The summed E-state index contributed by atoms with van der Waals surface area (Å²) in [6, 6.07) is 3.32. The van der Waals surface area contributed by atoms with Crippen LogP contribution >= 0.6 is 0 Å². The molecule has 3 heteroatoms. The predicted molar refractivity (Wildman–Crippen MR) is 58.0 cm³/mol. The van der Waals surface area contributed by atoms with Gasteiger partial charge in [-0.3, -0.25) is 4.90 Å². The molecule has 2 unspecified atom stereocenters. The summed E-state index contributed by atoms with van der Waals surface area (Å²) in [5.41, 5.74) is 0. The number of rotatable bonds is 3. The maximum atomic E-state index is 8.78. The number of hydrogen-bond acceptors (Lipinski definition) is 3. The zero-order chi connectivity index (χ0) is 10.4. The Balaban J connectivity index is 2.61. The molecule has 3 nitrogen and oxygen atoms in total. The standard InChI is InChI=1S/C11H21N3/c1-3-8-14-10(2)5-7-13-9-11(14)4-6-12/h10-11,13H,3-5,7-9H2,1-2H3. The highest BCUT2D eigenvalue weighted by molar-refractivity contribution is 4.88.